The van der Waals surface area contributed by atoms with Crippen LogP contribution in [0.2, 0.25) is 0 Å². The first-order chi connectivity index (χ1) is 8.29. The summed E-state index contributed by atoms with van der Waals surface area (Å²) in [7, 11) is 0. The lowest BCUT2D eigenvalue weighted by Gasteiger charge is -2.23. The smallest absolute Gasteiger partial charge is 0.225 e. The average molecular weight is 252 g/mol. The monoisotopic (exact) mass is 252 g/mol. The molecule has 1 fully saturated rings. The third-order valence-electron chi connectivity index (χ3n) is 3.48. The summed E-state index contributed by atoms with van der Waals surface area (Å²) in [6.07, 6.45) is 5.47. The molecule has 1 amide bonds. The van der Waals surface area contributed by atoms with Gasteiger partial charge in [-0.2, -0.15) is 0 Å². The first-order valence-corrected chi connectivity index (χ1v) is 7.19. The molecule has 1 aliphatic carbocycles. The van der Waals surface area contributed by atoms with Gasteiger partial charge in [-0.15, -0.1) is 11.3 Å². The molecule has 0 radical (unpaired) electrons. The highest BCUT2D eigenvalue weighted by molar-refractivity contribution is 7.10. The number of carbonyl (C=O) groups is 1. The summed E-state index contributed by atoms with van der Waals surface area (Å²) >= 11 is 1.63. The molecular weight excluding hydrogens is 232 g/mol. The molecule has 0 saturated heterocycles. The zero-order chi connectivity index (χ0) is 12.1. The fourth-order valence-electron chi connectivity index (χ4n) is 2.56. The van der Waals surface area contributed by atoms with E-state index in [2.05, 4.69) is 5.32 Å². The molecule has 1 aromatic rings. The zero-order valence-corrected chi connectivity index (χ0v) is 10.8. The minimum Gasteiger partial charge on any atom is -0.352 e. The maximum Gasteiger partial charge on any atom is 0.225 e. The average Bonchev–Trinajstić information content (AvgIpc) is 2.97. The largest absolute Gasteiger partial charge is 0.352 e. The van der Waals surface area contributed by atoms with Crippen LogP contribution in [0, 0.1) is 5.92 Å². The first kappa shape index (κ1) is 12.6. The van der Waals surface area contributed by atoms with Crippen LogP contribution in [0.15, 0.2) is 17.5 Å². The number of hydrogen-bond acceptors (Lipinski definition) is 3. The standard InChI is InChI=1S/C13H20N2OS/c14-9-12(10-4-1-2-5-10)15-13(16)8-11-6-3-7-17-11/h3,6-7,10,12H,1-2,4-5,8-9,14H2,(H,15,16). The molecule has 0 bridgehead atoms. The van der Waals surface area contributed by atoms with Gasteiger partial charge < -0.3 is 11.1 Å². The normalized spacial score (nSPS) is 18.2. The lowest BCUT2D eigenvalue weighted by Crippen LogP contribution is -2.45. The second-order valence-electron chi connectivity index (χ2n) is 4.71. The van der Waals surface area contributed by atoms with E-state index < -0.39 is 0 Å². The SMILES string of the molecule is NCC(NC(=O)Cc1cccs1)C1CCCC1. The van der Waals surface area contributed by atoms with Gasteiger partial charge in [-0.05, 0) is 30.2 Å². The van der Waals surface area contributed by atoms with Gasteiger partial charge >= 0.3 is 0 Å². The Balaban J connectivity index is 1.83. The van der Waals surface area contributed by atoms with Gasteiger partial charge in [-0.3, -0.25) is 4.79 Å². The first-order valence-electron chi connectivity index (χ1n) is 6.31. The zero-order valence-electron chi connectivity index (χ0n) is 10.0. The molecule has 17 heavy (non-hydrogen) atoms. The molecule has 4 heteroatoms. The summed E-state index contributed by atoms with van der Waals surface area (Å²) < 4.78 is 0. The number of hydrogen-bond donors (Lipinski definition) is 2. The van der Waals surface area contributed by atoms with Crippen LogP contribution >= 0.6 is 11.3 Å². The second kappa shape index (κ2) is 6.17. The molecule has 1 heterocycles. The molecule has 94 valence electrons. The number of carbonyl (C=O) groups excluding carboxylic acids is 1. The quantitative estimate of drug-likeness (QED) is 0.841. The van der Waals surface area contributed by atoms with Crippen LogP contribution in [-0.2, 0) is 11.2 Å². The Hall–Kier alpha value is -0.870. The van der Waals surface area contributed by atoms with Crippen molar-refractivity contribution in [2.24, 2.45) is 11.7 Å². The summed E-state index contributed by atoms with van der Waals surface area (Å²) in [5, 5.41) is 5.09. The van der Waals surface area contributed by atoms with Gasteiger partial charge in [0.05, 0.1) is 6.42 Å². The Kier molecular flexibility index (Phi) is 4.57. The van der Waals surface area contributed by atoms with Crippen molar-refractivity contribution >= 4 is 17.2 Å². The highest BCUT2D eigenvalue weighted by Gasteiger charge is 2.25. The van der Waals surface area contributed by atoms with Gasteiger partial charge in [0.1, 0.15) is 0 Å². The molecule has 1 aliphatic rings. The van der Waals surface area contributed by atoms with Gasteiger partial charge in [0.2, 0.25) is 5.91 Å². The molecule has 0 spiro atoms. The highest BCUT2D eigenvalue weighted by atomic mass is 32.1. The molecule has 3 nitrogen and oxygen atoms in total. The third-order valence-corrected chi connectivity index (χ3v) is 4.36. The summed E-state index contributed by atoms with van der Waals surface area (Å²) in [5.74, 6) is 0.696. The van der Waals surface area contributed by atoms with Crippen molar-refractivity contribution < 1.29 is 4.79 Å². The van der Waals surface area contributed by atoms with Gasteiger partial charge in [0.25, 0.3) is 0 Å². The van der Waals surface area contributed by atoms with Crippen molar-refractivity contribution in [1.82, 2.24) is 5.32 Å². The number of amides is 1. The van der Waals surface area contributed by atoms with Crippen LogP contribution < -0.4 is 11.1 Å². The van der Waals surface area contributed by atoms with Gasteiger partial charge in [-0.25, -0.2) is 0 Å². The highest BCUT2D eigenvalue weighted by Crippen LogP contribution is 2.27. The van der Waals surface area contributed by atoms with E-state index in [1.165, 1.54) is 25.7 Å². The Bertz CT molecular complexity index is 344. The van der Waals surface area contributed by atoms with Gasteiger partial charge in [0.15, 0.2) is 0 Å². The molecule has 1 unspecified atom stereocenters. The lowest BCUT2D eigenvalue weighted by molar-refractivity contribution is -0.121. The summed E-state index contributed by atoms with van der Waals surface area (Å²) in [5.41, 5.74) is 5.76. The van der Waals surface area contributed by atoms with Crippen molar-refractivity contribution in [2.75, 3.05) is 6.54 Å². The fraction of sp³-hybridized carbons (Fsp3) is 0.615. The Morgan fingerprint density at radius 1 is 1.53 bits per heavy atom. The number of nitrogens with two attached hydrogens (primary N) is 1. The summed E-state index contributed by atoms with van der Waals surface area (Å²) in [6, 6.07) is 4.15. The van der Waals surface area contributed by atoms with Crippen molar-refractivity contribution in [1.29, 1.82) is 0 Å². The Morgan fingerprint density at radius 2 is 2.29 bits per heavy atom. The van der Waals surface area contributed by atoms with E-state index in [0.29, 0.717) is 18.9 Å². The predicted molar refractivity (Wildman–Crippen MR) is 71.0 cm³/mol. The number of thiophene rings is 1. The van der Waals surface area contributed by atoms with E-state index in [1.54, 1.807) is 11.3 Å². The van der Waals surface area contributed by atoms with E-state index in [9.17, 15) is 4.79 Å². The molecule has 3 N–H and O–H groups in total. The minimum atomic E-state index is 0.106. The Morgan fingerprint density at radius 3 is 2.88 bits per heavy atom. The van der Waals surface area contributed by atoms with E-state index in [-0.39, 0.29) is 11.9 Å². The van der Waals surface area contributed by atoms with Crippen molar-refractivity contribution in [3.05, 3.63) is 22.4 Å². The fourth-order valence-corrected chi connectivity index (χ4v) is 3.26. The lowest BCUT2D eigenvalue weighted by atomic mass is 9.98. The predicted octanol–water partition coefficient (Wildman–Crippen LogP) is 1.92. The van der Waals surface area contributed by atoms with E-state index in [0.717, 1.165) is 4.88 Å². The van der Waals surface area contributed by atoms with Crippen molar-refractivity contribution in [3.8, 4) is 0 Å². The number of rotatable bonds is 5. The molecule has 1 saturated carbocycles. The van der Waals surface area contributed by atoms with Crippen LogP contribution in [0.4, 0.5) is 0 Å². The van der Waals surface area contributed by atoms with Gasteiger partial charge in [-0.1, -0.05) is 18.9 Å². The van der Waals surface area contributed by atoms with Crippen LogP contribution in [0.3, 0.4) is 0 Å². The van der Waals surface area contributed by atoms with E-state index >= 15 is 0 Å². The van der Waals surface area contributed by atoms with Crippen LogP contribution in [-0.4, -0.2) is 18.5 Å². The van der Waals surface area contributed by atoms with Gasteiger partial charge in [0, 0.05) is 17.5 Å². The van der Waals surface area contributed by atoms with E-state index in [1.807, 2.05) is 17.5 Å². The third kappa shape index (κ3) is 3.54. The number of nitrogens with one attached hydrogen (secondary N) is 1. The van der Waals surface area contributed by atoms with Crippen molar-refractivity contribution in [3.63, 3.8) is 0 Å². The second-order valence-corrected chi connectivity index (χ2v) is 5.74. The van der Waals surface area contributed by atoms with E-state index in [4.69, 9.17) is 5.73 Å². The van der Waals surface area contributed by atoms with Crippen LogP contribution in [0.1, 0.15) is 30.6 Å². The van der Waals surface area contributed by atoms with Crippen molar-refractivity contribution in [2.45, 2.75) is 38.1 Å². The van der Waals surface area contributed by atoms with Crippen LogP contribution in [0.5, 0.6) is 0 Å². The molecule has 0 aliphatic heterocycles. The Labute approximate surface area is 106 Å². The summed E-state index contributed by atoms with van der Waals surface area (Å²) in [6.45, 7) is 0.556. The molecule has 2 rings (SSSR count). The molecule has 0 aromatic carbocycles. The van der Waals surface area contributed by atoms with Crippen LogP contribution in [0.25, 0.3) is 0 Å². The molecule has 1 aromatic heterocycles. The molecule has 1 atom stereocenters. The topological polar surface area (TPSA) is 55.1 Å². The minimum absolute atomic E-state index is 0.106. The molecular formula is C13H20N2OS. The summed E-state index contributed by atoms with van der Waals surface area (Å²) in [4.78, 5) is 13.0. The maximum absolute atomic E-state index is 11.9. The maximum atomic E-state index is 11.9.